The number of benzene rings is 1. The van der Waals surface area contributed by atoms with E-state index in [0.29, 0.717) is 25.1 Å². The van der Waals surface area contributed by atoms with Gasteiger partial charge < -0.3 is 30.7 Å². The second-order valence-electron chi connectivity index (χ2n) is 9.71. The maximum absolute atomic E-state index is 13.2. The summed E-state index contributed by atoms with van der Waals surface area (Å²) in [7, 11) is 1.35. The number of thiol groups is 1. The Morgan fingerprint density at radius 2 is 1.59 bits per heavy atom. The van der Waals surface area contributed by atoms with Crippen LogP contribution in [0.2, 0.25) is 0 Å². The van der Waals surface area contributed by atoms with Gasteiger partial charge in [-0.05, 0) is 49.9 Å². The normalized spacial score (nSPS) is 17.7. The summed E-state index contributed by atoms with van der Waals surface area (Å²) in [6.07, 6.45) is -4.33. The van der Waals surface area contributed by atoms with Gasteiger partial charge in [0.2, 0.25) is 5.91 Å². The van der Waals surface area contributed by atoms with Gasteiger partial charge in [-0.25, -0.2) is 14.4 Å². The first-order valence-electron chi connectivity index (χ1n) is 13.7. The lowest BCUT2D eigenvalue weighted by atomic mass is 10.1. The van der Waals surface area contributed by atoms with Crippen LogP contribution in [0.25, 0.3) is 0 Å². The number of hydrogen-bond donors (Lipinski definition) is 5. The molecule has 1 amide bonds. The van der Waals surface area contributed by atoms with Crippen LogP contribution in [-0.4, -0.2) is 113 Å². The average Bonchev–Trinajstić information content (AvgIpc) is 3.39. The number of aliphatic carboxylic acids is 2. The molecule has 1 aliphatic rings. The molecular formula is C27H39F6N3O8S2. The fraction of sp³-hybridized carbons (Fsp3) is 0.630. The number of nitrogens with two attached hydrogens (primary N) is 1. The molecule has 1 aromatic carbocycles. The molecule has 0 aliphatic carbocycles. The number of para-hydroxylation sites is 1. The molecule has 0 unspecified atom stereocenters. The number of ether oxygens (including phenoxy) is 2. The Hall–Kier alpha value is -2.90. The molecule has 0 saturated carbocycles. The summed E-state index contributed by atoms with van der Waals surface area (Å²) in [4.78, 5) is 45.3. The van der Waals surface area contributed by atoms with Gasteiger partial charge in [-0.3, -0.25) is 9.69 Å². The number of methoxy groups -OCH3 is 1. The summed E-state index contributed by atoms with van der Waals surface area (Å²) in [5.41, 5.74) is 5.97. The first-order chi connectivity index (χ1) is 21.4. The number of carboxylic acids is 2. The molecule has 0 bridgehead atoms. The van der Waals surface area contributed by atoms with Crippen LogP contribution in [0.15, 0.2) is 30.3 Å². The number of carbonyl (C=O) groups excluding carboxylic acids is 2. The number of rotatable bonds is 14. The molecule has 2 rings (SSSR count). The Balaban J connectivity index is 0.00000120. The van der Waals surface area contributed by atoms with E-state index in [2.05, 4.69) is 22.8 Å². The molecule has 1 saturated heterocycles. The number of nitrogens with zero attached hydrogens (tertiary/aromatic N) is 1. The van der Waals surface area contributed by atoms with Gasteiger partial charge in [-0.2, -0.15) is 50.7 Å². The predicted octanol–water partition coefficient (Wildman–Crippen LogP) is 3.61. The molecule has 0 radical (unpaired) electrons. The average molecular weight is 712 g/mol. The Kier molecular flexibility index (Phi) is 20.4. The van der Waals surface area contributed by atoms with Crippen molar-refractivity contribution in [3.05, 3.63) is 30.3 Å². The Morgan fingerprint density at radius 3 is 2.04 bits per heavy atom. The van der Waals surface area contributed by atoms with E-state index in [1.165, 1.54) is 7.11 Å². The third-order valence-electron chi connectivity index (χ3n) is 6.12. The summed E-state index contributed by atoms with van der Waals surface area (Å²) in [5.74, 6) is -3.83. The van der Waals surface area contributed by atoms with E-state index in [9.17, 15) is 35.9 Å². The van der Waals surface area contributed by atoms with E-state index in [1.807, 2.05) is 36.6 Å². The number of nitrogens with one attached hydrogen (secondary N) is 1. The van der Waals surface area contributed by atoms with Gasteiger partial charge in [0.25, 0.3) is 0 Å². The topological polar surface area (TPSA) is 168 Å². The van der Waals surface area contributed by atoms with Crippen molar-refractivity contribution in [2.75, 3.05) is 38.0 Å². The second-order valence-corrected chi connectivity index (χ2v) is 11.1. The summed E-state index contributed by atoms with van der Waals surface area (Å²) < 4.78 is 74.5. The predicted molar refractivity (Wildman–Crippen MR) is 161 cm³/mol. The molecule has 11 nitrogen and oxygen atoms in total. The van der Waals surface area contributed by atoms with Crippen LogP contribution in [0.4, 0.5) is 26.3 Å². The van der Waals surface area contributed by atoms with Gasteiger partial charge in [0.1, 0.15) is 17.9 Å². The number of thioether (sulfide) groups is 1. The van der Waals surface area contributed by atoms with Gasteiger partial charge in [0.05, 0.1) is 13.2 Å². The maximum Gasteiger partial charge on any atom is 0.490 e. The third kappa shape index (κ3) is 18.3. The van der Waals surface area contributed by atoms with Crippen LogP contribution >= 0.6 is 24.4 Å². The summed E-state index contributed by atoms with van der Waals surface area (Å²) in [6, 6.07) is 8.78. The van der Waals surface area contributed by atoms with Gasteiger partial charge in [-0.15, -0.1) is 0 Å². The van der Waals surface area contributed by atoms with E-state index in [0.717, 1.165) is 37.3 Å². The zero-order valence-corrected chi connectivity index (χ0v) is 26.8. The lowest BCUT2D eigenvalue weighted by Gasteiger charge is -2.25. The number of amides is 1. The number of likely N-dealkylation sites (tertiary alicyclic amines) is 1. The largest absolute Gasteiger partial charge is 0.490 e. The number of carbonyl (C=O) groups is 4. The van der Waals surface area contributed by atoms with Crippen molar-refractivity contribution in [1.29, 1.82) is 0 Å². The minimum absolute atomic E-state index is 0.0874. The van der Waals surface area contributed by atoms with E-state index < -0.39 is 36.3 Å². The van der Waals surface area contributed by atoms with Gasteiger partial charge in [0, 0.05) is 24.8 Å². The highest BCUT2D eigenvalue weighted by Crippen LogP contribution is 2.24. The van der Waals surface area contributed by atoms with Crippen molar-refractivity contribution in [2.24, 2.45) is 5.73 Å². The highest BCUT2D eigenvalue weighted by atomic mass is 32.2. The van der Waals surface area contributed by atoms with Crippen LogP contribution in [0.3, 0.4) is 0 Å². The van der Waals surface area contributed by atoms with Crippen molar-refractivity contribution in [3.63, 3.8) is 0 Å². The molecule has 1 aliphatic heterocycles. The molecule has 1 fully saturated rings. The molecule has 0 aromatic heterocycles. The Morgan fingerprint density at radius 1 is 1.04 bits per heavy atom. The molecule has 5 N–H and O–H groups in total. The van der Waals surface area contributed by atoms with Crippen molar-refractivity contribution in [3.8, 4) is 5.75 Å². The molecule has 0 spiro atoms. The lowest BCUT2D eigenvalue weighted by molar-refractivity contribution is -0.193. The molecule has 264 valence electrons. The summed E-state index contributed by atoms with van der Waals surface area (Å²) in [6.45, 7) is 1.44. The van der Waals surface area contributed by atoms with Crippen LogP contribution in [0, 0.1) is 0 Å². The van der Waals surface area contributed by atoms with Gasteiger partial charge >= 0.3 is 30.3 Å². The quantitative estimate of drug-likeness (QED) is 0.0828. The van der Waals surface area contributed by atoms with Gasteiger partial charge in [0.15, 0.2) is 0 Å². The monoisotopic (exact) mass is 711 g/mol. The fourth-order valence-electron chi connectivity index (χ4n) is 3.87. The second kappa shape index (κ2) is 21.8. The number of alkyl halides is 6. The number of carboxylic acid groups (broad SMARTS) is 2. The van der Waals surface area contributed by atoms with Crippen LogP contribution in [0.1, 0.15) is 32.1 Å². The van der Waals surface area contributed by atoms with E-state index in [1.54, 1.807) is 11.8 Å². The number of hydrogen-bond acceptors (Lipinski definition) is 10. The molecule has 19 heteroatoms. The minimum atomic E-state index is -5.08. The Labute approximate surface area is 271 Å². The molecule has 4 atom stereocenters. The van der Waals surface area contributed by atoms with Crippen molar-refractivity contribution in [2.45, 2.75) is 68.7 Å². The Bertz CT molecular complexity index is 1050. The van der Waals surface area contributed by atoms with Gasteiger partial charge in [-0.1, -0.05) is 24.6 Å². The van der Waals surface area contributed by atoms with Crippen LogP contribution < -0.4 is 15.8 Å². The highest BCUT2D eigenvalue weighted by Gasteiger charge is 2.40. The maximum atomic E-state index is 13.2. The smallest absolute Gasteiger partial charge is 0.489 e. The number of unbranched alkanes of at least 4 members (excludes halogenated alkanes) is 1. The van der Waals surface area contributed by atoms with E-state index in [-0.39, 0.29) is 24.1 Å². The zero-order chi connectivity index (χ0) is 35.5. The number of halogens is 6. The third-order valence-corrected chi connectivity index (χ3v) is 7.23. The van der Waals surface area contributed by atoms with Crippen LogP contribution in [-0.2, 0) is 23.9 Å². The highest BCUT2D eigenvalue weighted by molar-refractivity contribution is 7.98. The minimum Gasteiger partial charge on any atom is -0.489 e. The SMILES string of the molecule is COC(=O)[C@H](CCSC)NC(=O)[C@@H]1C[C@H](Oc2ccccc2)CN1CCCC[C@@H](N)CS.O=C(O)C(F)(F)F.O=C(O)C(F)(F)F. The lowest BCUT2D eigenvalue weighted by Crippen LogP contribution is -2.50. The van der Waals surface area contributed by atoms with E-state index >= 15 is 0 Å². The first kappa shape index (κ1) is 43.1. The number of esters is 1. The summed E-state index contributed by atoms with van der Waals surface area (Å²) >= 11 is 5.87. The molecule has 46 heavy (non-hydrogen) atoms. The molecular weight excluding hydrogens is 672 g/mol. The summed E-state index contributed by atoms with van der Waals surface area (Å²) in [5, 5.41) is 17.2. The fourth-order valence-corrected chi connectivity index (χ4v) is 4.52. The first-order valence-corrected chi connectivity index (χ1v) is 15.7. The van der Waals surface area contributed by atoms with Crippen molar-refractivity contribution in [1.82, 2.24) is 10.2 Å². The zero-order valence-electron chi connectivity index (χ0n) is 25.1. The standard InChI is InChI=1S/C23H37N3O4S2.2C2HF3O2/c1-29-23(28)20(11-13-32-2)25-22(27)21-14-19(30-18-9-4-3-5-10-18)15-26(21)12-7-6-8-17(24)16-31;2*3-2(4,5)1(6)7/h3-5,9-10,17,19-21,31H,6-8,11-16,24H2,1-2H3,(H,25,27);2*(H,6,7)/t17-,19+,20+,21+;;/m1../s1. The van der Waals surface area contributed by atoms with E-state index in [4.69, 9.17) is 35.0 Å². The van der Waals surface area contributed by atoms with Crippen molar-refractivity contribution < 1.29 is 65.2 Å². The molecule has 1 heterocycles. The molecule has 1 aromatic rings. The van der Waals surface area contributed by atoms with Crippen molar-refractivity contribution >= 4 is 48.2 Å². The van der Waals surface area contributed by atoms with Crippen LogP contribution in [0.5, 0.6) is 5.75 Å².